The van der Waals surface area contributed by atoms with Crippen LogP contribution in [0.25, 0.3) is 21.6 Å². The molecule has 1 aliphatic heterocycles. The maximum Gasteiger partial charge on any atom is 0.197 e. The van der Waals surface area contributed by atoms with Crippen molar-refractivity contribution in [1.29, 1.82) is 0 Å². The highest BCUT2D eigenvalue weighted by atomic mass is 32.1. The van der Waals surface area contributed by atoms with Gasteiger partial charge in [-0.15, -0.1) is 11.3 Å². The maximum atomic E-state index is 13.0. The van der Waals surface area contributed by atoms with Gasteiger partial charge in [-0.25, -0.2) is 0 Å². The molecule has 0 bridgehead atoms. The first-order chi connectivity index (χ1) is 14.3. The number of benzene rings is 1. The van der Waals surface area contributed by atoms with E-state index < -0.39 is 0 Å². The largest absolute Gasteiger partial charge is 0.464 e. The van der Waals surface area contributed by atoms with E-state index in [1.807, 2.05) is 41.8 Å². The van der Waals surface area contributed by atoms with Gasteiger partial charge in [0.2, 0.25) is 0 Å². The van der Waals surface area contributed by atoms with Gasteiger partial charge in [-0.3, -0.25) is 9.69 Å². The van der Waals surface area contributed by atoms with Crippen LogP contribution in [-0.2, 0) is 6.54 Å². The average molecular weight is 407 g/mol. The molecule has 1 aliphatic rings. The van der Waals surface area contributed by atoms with Crippen LogP contribution in [0.4, 0.5) is 0 Å². The van der Waals surface area contributed by atoms with E-state index in [4.69, 9.17) is 8.94 Å². The van der Waals surface area contributed by atoms with Gasteiger partial charge in [-0.05, 0) is 43.0 Å². The van der Waals surface area contributed by atoms with Gasteiger partial charge in [0, 0.05) is 18.2 Å². The lowest BCUT2D eigenvalue weighted by Gasteiger charge is -2.28. The molecule has 0 saturated carbocycles. The summed E-state index contributed by atoms with van der Waals surface area (Å²) in [4.78, 5) is 16.4. The van der Waals surface area contributed by atoms with Gasteiger partial charge in [0.25, 0.3) is 0 Å². The Morgan fingerprint density at radius 1 is 1.14 bits per heavy atom. The summed E-state index contributed by atoms with van der Waals surface area (Å²) in [6.07, 6.45) is 6.08. The second-order valence-electron chi connectivity index (χ2n) is 7.52. The van der Waals surface area contributed by atoms with E-state index in [0.717, 1.165) is 42.1 Å². The minimum Gasteiger partial charge on any atom is -0.464 e. The number of nitrogens with zero attached hydrogens (tertiary/aromatic N) is 2. The number of aromatic nitrogens is 1. The van der Waals surface area contributed by atoms with Crippen LogP contribution >= 0.6 is 11.3 Å². The summed E-state index contributed by atoms with van der Waals surface area (Å²) < 4.78 is 11.4. The van der Waals surface area contributed by atoms with Gasteiger partial charge in [0.05, 0.1) is 22.6 Å². The molecular weight excluding hydrogens is 384 g/mol. The maximum absolute atomic E-state index is 13.0. The molecule has 4 aromatic rings. The summed E-state index contributed by atoms with van der Waals surface area (Å²) in [6.45, 7) is 1.48. The van der Waals surface area contributed by atoms with Crippen molar-refractivity contribution in [2.24, 2.45) is 0 Å². The van der Waals surface area contributed by atoms with Crippen LogP contribution in [0.5, 0.6) is 0 Å². The quantitative estimate of drug-likeness (QED) is 0.440. The average Bonchev–Trinajstić information content (AvgIpc) is 3.40. The van der Waals surface area contributed by atoms with Crippen LogP contribution in [0.15, 0.2) is 67.8 Å². The topological polar surface area (TPSA) is 59.5 Å². The van der Waals surface area contributed by atoms with E-state index in [1.54, 1.807) is 17.6 Å². The monoisotopic (exact) mass is 406 g/mol. The molecule has 5 nitrogen and oxygen atoms in total. The highest BCUT2D eigenvalue weighted by Gasteiger charge is 2.27. The van der Waals surface area contributed by atoms with Crippen molar-refractivity contribution in [2.45, 2.75) is 38.3 Å². The highest BCUT2D eigenvalue weighted by Crippen LogP contribution is 2.34. The Bertz CT molecular complexity index is 1160. The van der Waals surface area contributed by atoms with E-state index in [1.165, 1.54) is 6.42 Å². The molecule has 0 radical (unpaired) electrons. The summed E-state index contributed by atoms with van der Waals surface area (Å²) in [5.74, 6) is 0.810. The number of thiophene rings is 1. The minimum absolute atomic E-state index is 0.0503. The van der Waals surface area contributed by atoms with Gasteiger partial charge in [0.15, 0.2) is 11.2 Å². The van der Waals surface area contributed by atoms with Gasteiger partial charge >= 0.3 is 0 Å². The molecule has 0 spiro atoms. The molecule has 0 amide bonds. The van der Waals surface area contributed by atoms with Crippen LogP contribution in [0.2, 0.25) is 0 Å². The molecule has 148 valence electrons. The molecule has 1 saturated heterocycles. The number of fused-ring (bicyclic) bond motifs is 1. The van der Waals surface area contributed by atoms with Gasteiger partial charge in [-0.1, -0.05) is 36.2 Å². The van der Waals surface area contributed by atoms with Crippen LogP contribution in [0.1, 0.15) is 43.0 Å². The molecule has 4 heterocycles. The van der Waals surface area contributed by atoms with Crippen LogP contribution in [-0.4, -0.2) is 16.6 Å². The van der Waals surface area contributed by atoms with Crippen LogP contribution < -0.4 is 5.43 Å². The van der Waals surface area contributed by atoms with Crippen molar-refractivity contribution < 1.29 is 8.94 Å². The first-order valence-corrected chi connectivity index (χ1v) is 10.9. The fourth-order valence-electron chi connectivity index (χ4n) is 4.12. The van der Waals surface area contributed by atoms with E-state index in [0.29, 0.717) is 23.1 Å². The summed E-state index contributed by atoms with van der Waals surface area (Å²) in [5, 5.41) is 7.06. The van der Waals surface area contributed by atoms with Gasteiger partial charge in [0.1, 0.15) is 11.3 Å². The summed E-state index contributed by atoms with van der Waals surface area (Å²) in [7, 11) is 0. The molecule has 0 N–H and O–H groups in total. The van der Waals surface area contributed by atoms with Crippen molar-refractivity contribution in [3.8, 4) is 10.6 Å². The number of hydrogen-bond acceptors (Lipinski definition) is 6. The smallest absolute Gasteiger partial charge is 0.197 e. The molecule has 29 heavy (non-hydrogen) atoms. The molecule has 0 aliphatic carbocycles. The molecule has 5 rings (SSSR count). The lowest BCUT2D eigenvalue weighted by atomic mass is 10.1. The lowest BCUT2D eigenvalue weighted by molar-refractivity contribution is 0.182. The number of likely N-dealkylation sites (tertiary alicyclic amines) is 1. The second kappa shape index (κ2) is 7.97. The molecule has 1 atom stereocenters. The number of para-hydroxylation sites is 1. The Morgan fingerprint density at radius 2 is 2.07 bits per heavy atom. The second-order valence-corrected chi connectivity index (χ2v) is 8.46. The Morgan fingerprint density at radius 3 is 2.97 bits per heavy atom. The summed E-state index contributed by atoms with van der Waals surface area (Å²) >= 11 is 1.65. The minimum atomic E-state index is 0.0503. The molecule has 6 heteroatoms. The zero-order chi connectivity index (χ0) is 19.6. The fourth-order valence-corrected chi connectivity index (χ4v) is 4.79. The van der Waals surface area contributed by atoms with Crippen molar-refractivity contribution in [1.82, 2.24) is 10.1 Å². The van der Waals surface area contributed by atoms with E-state index >= 15 is 0 Å². The number of rotatable bonds is 4. The van der Waals surface area contributed by atoms with Gasteiger partial charge < -0.3 is 8.94 Å². The van der Waals surface area contributed by atoms with Crippen molar-refractivity contribution in [2.75, 3.05) is 6.54 Å². The standard InChI is InChI=1S/C23H22N2O3S/c26-23-16(15-27-20-9-4-3-7-17(20)23)14-25-11-5-1-2-8-19(25)18-13-21(28-24-18)22-10-6-12-29-22/h3-4,6-7,9-10,12-13,15,19H,1-2,5,8,11,14H2/t19-/m0/s1. The Balaban J connectivity index is 1.46. The number of hydrogen-bond donors (Lipinski definition) is 0. The Kier molecular flexibility index (Phi) is 5.04. The third-order valence-electron chi connectivity index (χ3n) is 5.62. The Hall–Kier alpha value is -2.70. The highest BCUT2D eigenvalue weighted by molar-refractivity contribution is 7.13. The van der Waals surface area contributed by atoms with Crippen molar-refractivity contribution >= 4 is 22.3 Å². The first kappa shape index (κ1) is 18.3. The zero-order valence-electron chi connectivity index (χ0n) is 16.0. The predicted octanol–water partition coefficient (Wildman–Crippen LogP) is 5.63. The zero-order valence-corrected chi connectivity index (χ0v) is 16.9. The van der Waals surface area contributed by atoms with E-state index in [2.05, 4.69) is 16.1 Å². The van der Waals surface area contributed by atoms with Crippen molar-refractivity contribution in [3.63, 3.8) is 0 Å². The third-order valence-corrected chi connectivity index (χ3v) is 6.51. The molecule has 1 aromatic carbocycles. The van der Waals surface area contributed by atoms with E-state index in [-0.39, 0.29) is 11.5 Å². The van der Waals surface area contributed by atoms with Gasteiger partial charge in [-0.2, -0.15) is 0 Å². The predicted molar refractivity (Wildman–Crippen MR) is 114 cm³/mol. The summed E-state index contributed by atoms with van der Waals surface area (Å²) in [5.41, 5.74) is 2.32. The molecule has 1 fully saturated rings. The molecule has 3 aromatic heterocycles. The van der Waals surface area contributed by atoms with Crippen molar-refractivity contribution in [3.05, 3.63) is 75.6 Å². The van der Waals surface area contributed by atoms with E-state index in [9.17, 15) is 4.79 Å². The van der Waals surface area contributed by atoms with Crippen LogP contribution in [0, 0.1) is 0 Å². The normalized spacial score (nSPS) is 18.1. The third kappa shape index (κ3) is 3.66. The first-order valence-electron chi connectivity index (χ1n) is 10.0. The molecular formula is C23H22N2O3S. The lowest BCUT2D eigenvalue weighted by Crippen LogP contribution is -2.30. The SMILES string of the molecule is O=c1c(CN2CCCCC[C@H]2c2cc(-c3cccs3)on2)coc2ccccc12. The Labute approximate surface area is 172 Å². The fraction of sp³-hybridized carbons (Fsp3) is 0.304. The molecule has 0 unspecified atom stereocenters. The van der Waals surface area contributed by atoms with Crippen LogP contribution in [0.3, 0.4) is 0 Å². The summed E-state index contributed by atoms with van der Waals surface area (Å²) in [6, 6.07) is 13.7.